The molecule has 3 N–H and O–H groups in total. The molecule has 0 fully saturated rings. The maximum Gasteiger partial charge on any atom is 0.273 e. The van der Waals surface area contributed by atoms with Crippen LogP contribution < -0.4 is 26.2 Å². The molecular formula is C76H77N13O5S6. The summed E-state index contributed by atoms with van der Waals surface area (Å²) in [4.78, 5) is 69.9. The molecular weight excluding hydrogens is 1370 g/mol. The highest BCUT2D eigenvalue weighted by Crippen LogP contribution is 2.33. The van der Waals surface area contributed by atoms with Gasteiger partial charge in [-0.1, -0.05) is 112 Å². The molecule has 13 aromatic heterocycles. The molecule has 0 aliphatic heterocycles. The largest absolute Gasteiger partial charge is 0.473 e. The fraction of sp³-hybridized carbons (Fsp3) is 0.184. The number of furan rings is 2. The van der Waals surface area contributed by atoms with E-state index in [0.717, 1.165) is 141 Å². The van der Waals surface area contributed by atoms with Crippen LogP contribution in [0.4, 0.5) is 15.4 Å². The molecule has 0 aliphatic carbocycles. The van der Waals surface area contributed by atoms with Gasteiger partial charge in [-0.2, -0.15) is 0 Å². The van der Waals surface area contributed by atoms with E-state index >= 15 is 0 Å². The van der Waals surface area contributed by atoms with Crippen molar-refractivity contribution in [3.63, 3.8) is 0 Å². The first-order chi connectivity index (χ1) is 48.0. The zero-order valence-electron chi connectivity index (χ0n) is 58.0. The molecule has 0 bridgehead atoms. The number of thiocarbonyl (C=S) groups is 1. The summed E-state index contributed by atoms with van der Waals surface area (Å²) < 4.78 is 17.6. The number of ketones is 1. The molecule has 100 heavy (non-hydrogen) atoms. The SMILES string of the molecule is CC(=O)c1ccc(-c2ccc(C)o2)s1.CC(=S)c1ccc(-c2ccc(C)o2)cc1.CNc1ncc(-c2cccc(C)n2)s1.COc1ncc(-c2cccc(C)n2)s1.Cc1cccc(-c2ccc(=O)n(C)c2)n1.Cc1cccc(-c2cnc(N(C)C)s2)n1.Cc1cccc(-c2cnc(N)s2)n1. The fourth-order valence-electron chi connectivity index (χ4n) is 8.83. The Bertz CT molecular complexity index is 4920. The third kappa shape index (κ3) is 22.9. The lowest BCUT2D eigenvalue weighted by atomic mass is 10.1. The minimum absolute atomic E-state index is 0.00796. The number of thiazole rings is 4. The number of ether oxygens (including phenoxy) is 1. The van der Waals surface area contributed by atoms with Crippen molar-refractivity contribution in [3.05, 3.63) is 256 Å². The number of hydrogen-bond donors (Lipinski definition) is 2. The summed E-state index contributed by atoms with van der Waals surface area (Å²) in [6.45, 7) is 17.2. The highest BCUT2D eigenvalue weighted by molar-refractivity contribution is 7.80. The van der Waals surface area contributed by atoms with Gasteiger partial charge in [-0.05, 0) is 171 Å². The van der Waals surface area contributed by atoms with E-state index in [9.17, 15) is 9.59 Å². The molecule has 0 unspecified atom stereocenters. The number of thiophene rings is 1. The van der Waals surface area contributed by atoms with Crippen molar-refractivity contribution in [1.29, 1.82) is 0 Å². The second-order valence-electron chi connectivity index (χ2n) is 22.3. The molecule has 512 valence electrons. The van der Waals surface area contributed by atoms with E-state index in [1.807, 2.05) is 245 Å². The molecule has 13 heterocycles. The topological polar surface area (TPSA) is 232 Å². The number of nitrogens with one attached hydrogen (secondary N) is 1. The van der Waals surface area contributed by atoms with Gasteiger partial charge in [-0.25, -0.2) is 19.9 Å². The summed E-state index contributed by atoms with van der Waals surface area (Å²) in [5.41, 5.74) is 18.5. The van der Waals surface area contributed by atoms with Crippen LogP contribution in [-0.2, 0) is 7.05 Å². The van der Waals surface area contributed by atoms with E-state index in [1.54, 1.807) is 79.0 Å². The Morgan fingerprint density at radius 3 is 1.38 bits per heavy atom. The Morgan fingerprint density at radius 2 is 0.970 bits per heavy atom. The molecule has 0 atom stereocenters. The van der Waals surface area contributed by atoms with Crippen LogP contribution in [0.2, 0.25) is 0 Å². The third-order valence-electron chi connectivity index (χ3n) is 13.9. The Kier molecular flexibility index (Phi) is 27.9. The molecule has 18 nitrogen and oxygen atoms in total. The van der Waals surface area contributed by atoms with Crippen LogP contribution in [0.5, 0.6) is 5.19 Å². The lowest BCUT2D eigenvalue weighted by molar-refractivity contribution is 0.102. The minimum atomic E-state index is -0.00796. The van der Waals surface area contributed by atoms with Crippen molar-refractivity contribution in [3.8, 4) is 80.7 Å². The number of pyridine rings is 6. The normalized spacial score (nSPS) is 10.3. The minimum Gasteiger partial charge on any atom is -0.473 e. The van der Waals surface area contributed by atoms with Crippen molar-refractivity contribution in [2.24, 2.45) is 7.05 Å². The number of benzene rings is 1. The molecule has 0 aliphatic rings. The number of rotatable bonds is 12. The predicted molar refractivity (Wildman–Crippen MR) is 418 cm³/mol. The Labute approximate surface area is 608 Å². The summed E-state index contributed by atoms with van der Waals surface area (Å²) in [7, 11) is 9.21. The second-order valence-corrected chi connectivity index (χ2v) is 28.1. The molecule has 0 saturated heterocycles. The zero-order valence-corrected chi connectivity index (χ0v) is 62.9. The number of nitrogens with zero attached hydrogens (tertiary/aromatic N) is 11. The first kappa shape index (κ1) is 75.4. The maximum atomic E-state index is 11.2. The number of nitrogen functional groups attached to an aromatic ring is 1. The van der Waals surface area contributed by atoms with E-state index in [-0.39, 0.29) is 11.3 Å². The standard InChI is InChI=1S/C13H12OS.C12H12N2O.C11H13N3S.C11H10O2S.C10H11N3S.C10H10N2OS.C9H9N3S/c1-9-3-8-13(14-9)12-6-4-11(5-7-12)10(2)15;1-9-4-3-5-11(13-9)10-6-7-12(15)14(2)8-10;1-8-5-4-6-9(13-8)10-7-12-11(15-10)14(2)3;1-7-3-4-9(13-7)11-6-5-10(14-11)8(2)12;1-7-4-3-5-8(13-7)9-6-12-10(11-2)14-9;1-7-4-3-5-8(12-7)9-6-11-10(13-2)14-9;1-6-3-2-4-7(12-6)8-5-11-9(10)13-8/h2*3-8H,1-2H3;4-7H,1-3H3;3-6H,1-2H3;3-6H,1-2H3,(H,11,12);3-6H,1-2H3;2-5H,1H3,(H2,10,11). The highest BCUT2D eigenvalue weighted by atomic mass is 32.1. The molecule has 24 heteroatoms. The number of carbonyl (C=O) groups excluding carboxylic acids is 1. The Balaban J connectivity index is 0.000000148. The average Bonchev–Trinajstić information content (AvgIpc) is 1.22. The maximum absolute atomic E-state index is 11.2. The van der Waals surface area contributed by atoms with Crippen molar-refractivity contribution in [1.82, 2.24) is 49.4 Å². The van der Waals surface area contributed by atoms with Gasteiger partial charge in [0.25, 0.3) is 5.19 Å². The van der Waals surface area contributed by atoms with Gasteiger partial charge in [0.2, 0.25) is 5.56 Å². The van der Waals surface area contributed by atoms with Crippen LogP contribution in [0.3, 0.4) is 0 Å². The van der Waals surface area contributed by atoms with Gasteiger partial charge in [0.1, 0.15) is 23.0 Å². The summed E-state index contributed by atoms with van der Waals surface area (Å²) in [5, 5.41) is 6.19. The van der Waals surface area contributed by atoms with Crippen molar-refractivity contribution in [2.75, 3.05) is 44.2 Å². The van der Waals surface area contributed by atoms with Crippen LogP contribution in [0.15, 0.2) is 208 Å². The second kappa shape index (κ2) is 37.0. The number of carbonyl (C=O) groups is 1. The van der Waals surface area contributed by atoms with Gasteiger partial charge in [-0.15, -0.1) is 11.3 Å². The molecule has 0 amide bonds. The van der Waals surface area contributed by atoms with Crippen LogP contribution in [0, 0.1) is 48.5 Å². The fourth-order valence-corrected chi connectivity index (χ4v) is 12.7. The van der Waals surface area contributed by atoms with E-state index in [4.69, 9.17) is 31.5 Å². The number of nitrogens with two attached hydrogens (primary N) is 1. The van der Waals surface area contributed by atoms with Crippen molar-refractivity contribution in [2.45, 2.75) is 62.3 Å². The summed E-state index contributed by atoms with van der Waals surface area (Å²) in [6.07, 6.45) is 9.05. The third-order valence-corrected chi connectivity index (χ3v) is 19.4. The molecule has 0 saturated carbocycles. The number of hydrogen-bond acceptors (Lipinski definition) is 23. The molecule has 1 aromatic carbocycles. The predicted octanol–water partition coefficient (Wildman–Crippen LogP) is 19.0. The monoisotopic (exact) mass is 1440 g/mol. The van der Waals surface area contributed by atoms with Gasteiger partial charge < -0.3 is 34.1 Å². The van der Waals surface area contributed by atoms with Crippen LogP contribution in [-0.4, -0.2) is 88.3 Å². The number of aromatic nitrogens is 10. The van der Waals surface area contributed by atoms with Gasteiger partial charge in [0.05, 0.1) is 71.0 Å². The van der Waals surface area contributed by atoms with Gasteiger partial charge in [0.15, 0.2) is 21.2 Å². The Morgan fingerprint density at radius 1 is 0.510 bits per heavy atom. The highest BCUT2D eigenvalue weighted by Gasteiger charge is 2.12. The van der Waals surface area contributed by atoms with Gasteiger partial charge in [0, 0.05) is 104 Å². The lowest BCUT2D eigenvalue weighted by Crippen LogP contribution is -2.14. The lowest BCUT2D eigenvalue weighted by Gasteiger charge is -2.05. The summed E-state index contributed by atoms with van der Waals surface area (Å²) in [5.74, 6) is 3.66. The molecule has 0 radical (unpaired) electrons. The Hall–Kier alpha value is -10.3. The number of Topliss-reactive ketones (excluding diaryl/α,β-unsaturated/α-hetero) is 1. The van der Waals surface area contributed by atoms with E-state index in [1.165, 1.54) is 34.0 Å². The zero-order chi connectivity index (χ0) is 71.8. The first-order valence-corrected chi connectivity index (χ1v) is 35.7. The average molecular weight is 1440 g/mol. The number of anilines is 3. The van der Waals surface area contributed by atoms with E-state index in [2.05, 4.69) is 50.2 Å². The summed E-state index contributed by atoms with van der Waals surface area (Å²) in [6, 6.07) is 52.7. The van der Waals surface area contributed by atoms with Gasteiger partial charge >= 0.3 is 0 Å². The molecule has 14 aromatic rings. The molecule has 0 spiro atoms. The quantitative estimate of drug-likeness (QED) is 0.0855. The number of aryl methyl sites for hydroxylation is 8. The van der Waals surface area contributed by atoms with Gasteiger partial charge in [-0.3, -0.25) is 34.5 Å². The number of methoxy groups -OCH3 is 1. The van der Waals surface area contributed by atoms with Crippen LogP contribution in [0.1, 0.15) is 69.1 Å². The van der Waals surface area contributed by atoms with E-state index in [0.29, 0.717) is 10.3 Å². The van der Waals surface area contributed by atoms with Crippen LogP contribution in [0.25, 0.3) is 75.5 Å². The smallest absolute Gasteiger partial charge is 0.273 e. The van der Waals surface area contributed by atoms with Crippen molar-refractivity contribution >= 4 is 94.9 Å². The molecule has 14 rings (SSSR count). The van der Waals surface area contributed by atoms with E-state index < -0.39 is 0 Å². The van der Waals surface area contributed by atoms with Crippen molar-refractivity contribution < 1.29 is 18.4 Å². The summed E-state index contributed by atoms with van der Waals surface area (Å²) >= 11 is 12.8. The first-order valence-electron chi connectivity index (χ1n) is 31.2. The van der Waals surface area contributed by atoms with Crippen LogP contribution >= 0.6 is 68.9 Å².